The summed E-state index contributed by atoms with van der Waals surface area (Å²) in [6, 6.07) is 7.20. The maximum absolute atomic E-state index is 14.7. The van der Waals surface area contributed by atoms with Gasteiger partial charge in [0, 0.05) is 53.7 Å². The first-order valence-corrected chi connectivity index (χ1v) is 17.4. The number of nitrogens with zero attached hydrogens (tertiary/aromatic N) is 1. The van der Waals surface area contributed by atoms with Crippen molar-refractivity contribution in [3.8, 4) is 5.75 Å². The number of carbonyl (C=O) groups excluding carboxylic acids is 2. The van der Waals surface area contributed by atoms with Crippen LogP contribution in [0.3, 0.4) is 0 Å². The molecule has 2 amide bonds. The second-order valence-corrected chi connectivity index (χ2v) is 15.7. The Balaban J connectivity index is 1.42. The third-order valence-corrected chi connectivity index (χ3v) is 13.2. The van der Waals surface area contributed by atoms with E-state index in [4.69, 9.17) is 9.47 Å². The minimum absolute atomic E-state index is 0.0180. The predicted octanol–water partition coefficient (Wildman–Crippen LogP) is 5.93. The van der Waals surface area contributed by atoms with Gasteiger partial charge in [-0.3, -0.25) is 4.79 Å². The number of hydrogen-bond donors (Lipinski definition) is 3. The molecule has 0 aromatic heterocycles. The van der Waals surface area contributed by atoms with Gasteiger partial charge < -0.3 is 29.9 Å². The largest absolute Gasteiger partial charge is 0.497 e. The highest BCUT2D eigenvalue weighted by Crippen LogP contribution is 2.78. The van der Waals surface area contributed by atoms with E-state index < -0.39 is 22.5 Å². The molecule has 2 spiro atoms. The Morgan fingerprint density at radius 2 is 1.67 bits per heavy atom. The summed E-state index contributed by atoms with van der Waals surface area (Å²) in [5.41, 5.74) is -1.21. The molecule has 8 nitrogen and oxygen atoms in total. The lowest BCUT2D eigenvalue weighted by molar-refractivity contribution is -0.174. The van der Waals surface area contributed by atoms with Crippen LogP contribution >= 0.6 is 0 Å². The van der Waals surface area contributed by atoms with Gasteiger partial charge in [0.25, 0.3) is 0 Å². The van der Waals surface area contributed by atoms with Gasteiger partial charge in [0.05, 0.1) is 25.4 Å². The van der Waals surface area contributed by atoms with Gasteiger partial charge in [0.2, 0.25) is 0 Å². The second-order valence-electron chi connectivity index (χ2n) is 15.7. The van der Waals surface area contributed by atoms with Crippen molar-refractivity contribution in [3.05, 3.63) is 53.6 Å². The van der Waals surface area contributed by atoms with Gasteiger partial charge in [-0.05, 0) is 107 Å². The molecule has 3 saturated carbocycles. The van der Waals surface area contributed by atoms with Crippen LogP contribution < -0.4 is 10.1 Å². The van der Waals surface area contributed by atoms with Crippen molar-refractivity contribution in [2.45, 2.75) is 96.8 Å². The van der Waals surface area contributed by atoms with E-state index in [0.29, 0.717) is 43.7 Å². The van der Waals surface area contributed by atoms with Gasteiger partial charge in [-0.1, -0.05) is 32.1 Å². The van der Waals surface area contributed by atoms with Crippen molar-refractivity contribution < 1.29 is 29.3 Å². The molecule has 6 aliphatic carbocycles. The fourth-order valence-electron chi connectivity index (χ4n) is 10.8. The molecule has 8 heteroatoms. The molecule has 46 heavy (non-hydrogen) atoms. The van der Waals surface area contributed by atoms with Crippen LogP contribution in [0.25, 0.3) is 0 Å². The van der Waals surface area contributed by atoms with E-state index in [0.717, 1.165) is 37.7 Å². The van der Waals surface area contributed by atoms with E-state index in [1.54, 1.807) is 19.1 Å². The summed E-state index contributed by atoms with van der Waals surface area (Å²) >= 11 is 0. The minimum Gasteiger partial charge on any atom is -0.497 e. The van der Waals surface area contributed by atoms with Crippen LogP contribution in [0.1, 0.15) is 89.4 Å². The normalized spacial score (nSPS) is 38.9. The van der Waals surface area contributed by atoms with E-state index in [2.05, 4.69) is 37.4 Å². The molecular weight excluding hydrogens is 580 g/mol. The summed E-state index contributed by atoms with van der Waals surface area (Å²) in [4.78, 5) is 29.9. The van der Waals surface area contributed by atoms with Crippen molar-refractivity contribution in [1.29, 1.82) is 0 Å². The lowest BCUT2D eigenvalue weighted by Gasteiger charge is -2.71. The number of benzene rings is 1. The summed E-state index contributed by atoms with van der Waals surface area (Å²) in [5.74, 6) is 0.957. The number of hydrogen-bond acceptors (Lipinski definition) is 6. The van der Waals surface area contributed by atoms with E-state index in [-0.39, 0.29) is 47.1 Å². The Morgan fingerprint density at radius 3 is 2.35 bits per heavy atom. The van der Waals surface area contributed by atoms with Crippen molar-refractivity contribution in [3.63, 3.8) is 0 Å². The third kappa shape index (κ3) is 4.80. The number of aliphatic hydroxyl groups excluding tert-OH is 1. The van der Waals surface area contributed by atoms with Crippen molar-refractivity contribution >= 4 is 11.8 Å². The first-order chi connectivity index (χ1) is 21.8. The topological polar surface area (TPSA) is 108 Å². The number of fused-ring (bicyclic) bond motifs is 1. The molecule has 3 N–H and O–H groups in total. The van der Waals surface area contributed by atoms with Crippen LogP contribution in [0.2, 0.25) is 0 Å². The van der Waals surface area contributed by atoms with Crippen LogP contribution in [0.5, 0.6) is 5.75 Å². The number of allylic oxidation sites excluding steroid dienone is 4. The van der Waals surface area contributed by atoms with E-state index in [1.165, 1.54) is 0 Å². The molecule has 7 rings (SSSR count). The number of Topliss-reactive ketones (excluding diaryl/α,β-unsaturated/α-hetero) is 1. The lowest BCUT2D eigenvalue weighted by atomic mass is 9.32. The predicted molar refractivity (Wildman–Crippen MR) is 178 cm³/mol. The van der Waals surface area contributed by atoms with E-state index in [9.17, 15) is 19.8 Å². The van der Waals surface area contributed by atoms with Crippen molar-refractivity contribution in [2.24, 2.45) is 33.5 Å². The summed E-state index contributed by atoms with van der Waals surface area (Å²) in [6.07, 6.45) is 12.5. The first kappa shape index (κ1) is 33.2. The molecule has 6 aliphatic rings. The maximum Gasteiger partial charge on any atom is 0.317 e. The second kappa shape index (κ2) is 11.8. The Kier molecular flexibility index (Phi) is 8.51. The van der Waals surface area contributed by atoms with E-state index in [1.807, 2.05) is 38.1 Å². The highest BCUT2D eigenvalue weighted by atomic mass is 16.5. The smallest absolute Gasteiger partial charge is 0.317 e. The average molecular weight is 635 g/mol. The summed E-state index contributed by atoms with van der Waals surface area (Å²) < 4.78 is 10.7. The summed E-state index contributed by atoms with van der Waals surface area (Å²) in [7, 11) is 3.28. The Hall–Kier alpha value is -2.68. The van der Waals surface area contributed by atoms with Crippen LogP contribution in [0.4, 0.5) is 4.79 Å². The Morgan fingerprint density at radius 1 is 1.00 bits per heavy atom. The SMILES string of the molecule is COCCCN(CC1(O)CCC2C34C=CC5(C=C3C(=O)c3ccc(OC)cc3)CC(O)CCC5(C)C4CCC21C)C(=O)NC(C)C. The highest BCUT2D eigenvalue weighted by molar-refractivity contribution is 6.10. The molecular formula is C38H54N2O6. The molecule has 0 saturated heterocycles. The summed E-state index contributed by atoms with van der Waals surface area (Å²) in [5, 5.41) is 26.8. The summed E-state index contributed by atoms with van der Waals surface area (Å²) in [6.45, 7) is 9.78. The molecule has 8 atom stereocenters. The average Bonchev–Trinajstić information content (AvgIpc) is 3.30. The monoisotopic (exact) mass is 634 g/mol. The molecule has 0 aliphatic heterocycles. The molecule has 0 radical (unpaired) electrons. The zero-order valence-electron chi connectivity index (χ0n) is 28.6. The van der Waals surface area contributed by atoms with Crippen LogP contribution in [-0.4, -0.2) is 78.6 Å². The third-order valence-electron chi connectivity index (χ3n) is 13.2. The van der Waals surface area contributed by atoms with Crippen molar-refractivity contribution in [1.82, 2.24) is 10.2 Å². The molecule has 2 bridgehead atoms. The van der Waals surface area contributed by atoms with E-state index >= 15 is 0 Å². The minimum atomic E-state index is -1.11. The maximum atomic E-state index is 14.7. The number of methoxy groups -OCH3 is 2. The zero-order valence-corrected chi connectivity index (χ0v) is 28.6. The number of nitrogens with one attached hydrogen (secondary N) is 1. The first-order valence-electron chi connectivity index (χ1n) is 17.4. The van der Waals surface area contributed by atoms with Crippen LogP contribution in [0.15, 0.2) is 48.1 Å². The van der Waals surface area contributed by atoms with Crippen molar-refractivity contribution in [2.75, 3.05) is 33.9 Å². The lowest BCUT2D eigenvalue weighted by Crippen LogP contribution is -2.67. The number of urea groups is 1. The Bertz CT molecular complexity index is 1410. The molecule has 252 valence electrons. The van der Waals surface area contributed by atoms with Gasteiger partial charge >= 0.3 is 6.03 Å². The van der Waals surface area contributed by atoms with Crippen LogP contribution in [0, 0.1) is 33.5 Å². The number of ether oxygens (including phenoxy) is 2. The number of carbonyl (C=O) groups is 2. The quantitative estimate of drug-likeness (QED) is 0.167. The number of ketones is 1. The fourth-order valence-corrected chi connectivity index (χ4v) is 10.8. The van der Waals surface area contributed by atoms with Gasteiger partial charge in [-0.2, -0.15) is 0 Å². The van der Waals surface area contributed by atoms with Crippen LogP contribution in [-0.2, 0) is 4.74 Å². The molecule has 3 fully saturated rings. The van der Waals surface area contributed by atoms with Gasteiger partial charge in [-0.15, -0.1) is 0 Å². The van der Waals surface area contributed by atoms with Gasteiger partial charge in [0.1, 0.15) is 5.75 Å². The number of amides is 2. The van der Waals surface area contributed by atoms with Gasteiger partial charge in [0.15, 0.2) is 5.78 Å². The standard InChI is InChI=1S/C38H54N2O6/c1-25(2)39-33(43)40(20-7-21-45-5)24-37(44)17-14-31-35(37,4)16-13-30-34(3)15-12-27(41)22-36(34)18-19-38(30,31)29(23-36)32(42)26-8-10-28(46-6)11-9-26/h8-11,18-19,23,25,27,30-31,41,44H,7,12-17,20-22,24H2,1-6H3,(H,39,43). The highest BCUT2D eigenvalue weighted by Gasteiger charge is 2.74. The molecule has 1 aromatic carbocycles. The van der Waals surface area contributed by atoms with Gasteiger partial charge in [-0.25, -0.2) is 4.79 Å². The molecule has 1 aromatic rings. The molecule has 0 heterocycles. The Labute approximate surface area is 274 Å². The molecule has 8 unspecified atom stereocenters. The number of aliphatic hydroxyl groups is 2. The zero-order chi connectivity index (χ0) is 33.1. The fraction of sp³-hybridized carbons (Fsp3) is 0.684. The number of rotatable bonds is 10.